The summed E-state index contributed by atoms with van der Waals surface area (Å²) in [5.74, 6) is -0.919. The van der Waals surface area contributed by atoms with Gasteiger partial charge in [0.2, 0.25) is 5.91 Å². The van der Waals surface area contributed by atoms with Gasteiger partial charge in [0.15, 0.2) is 5.82 Å². The Morgan fingerprint density at radius 1 is 1.08 bits per heavy atom. The van der Waals surface area contributed by atoms with E-state index in [0.717, 1.165) is 43.9 Å². The maximum atomic E-state index is 13.3. The maximum absolute atomic E-state index is 13.3. The van der Waals surface area contributed by atoms with E-state index in [9.17, 15) is 13.6 Å². The van der Waals surface area contributed by atoms with E-state index >= 15 is 0 Å². The molecule has 1 atom stereocenters. The van der Waals surface area contributed by atoms with Crippen molar-refractivity contribution < 1.29 is 18.1 Å². The van der Waals surface area contributed by atoms with Crippen LogP contribution in [-0.4, -0.2) is 33.5 Å². The SMILES string of the molecule is O=C1CC(c2noc(-c3cc(F)cc(F)c3)n2)CN1C1CCCCC1. The Bertz CT molecular complexity index is 766. The first-order valence-electron chi connectivity index (χ1n) is 8.69. The number of hydrogen-bond acceptors (Lipinski definition) is 4. The standard InChI is InChI=1S/C18H19F2N3O2/c19-13-6-11(7-14(20)9-13)18-21-17(22-25-18)12-8-16(24)23(10-12)15-4-2-1-3-5-15/h6-7,9,12,15H,1-5,8,10H2. The molecule has 1 unspecified atom stereocenters. The minimum absolute atomic E-state index is 0.0666. The number of nitrogens with zero attached hydrogens (tertiary/aromatic N) is 3. The van der Waals surface area contributed by atoms with E-state index < -0.39 is 11.6 Å². The Kier molecular flexibility index (Phi) is 4.23. The van der Waals surface area contributed by atoms with Crippen LogP contribution in [0.4, 0.5) is 8.78 Å². The third kappa shape index (κ3) is 3.27. The van der Waals surface area contributed by atoms with Crippen molar-refractivity contribution in [3.05, 3.63) is 35.7 Å². The molecule has 1 saturated carbocycles. The van der Waals surface area contributed by atoms with Crippen molar-refractivity contribution in [3.8, 4) is 11.5 Å². The molecule has 5 nitrogen and oxygen atoms in total. The van der Waals surface area contributed by atoms with Gasteiger partial charge in [0, 0.05) is 36.6 Å². The monoisotopic (exact) mass is 347 g/mol. The zero-order valence-electron chi connectivity index (χ0n) is 13.8. The Hall–Kier alpha value is -2.31. The molecule has 2 fully saturated rings. The number of likely N-dealkylation sites (tertiary alicyclic amines) is 1. The smallest absolute Gasteiger partial charge is 0.258 e. The van der Waals surface area contributed by atoms with E-state index in [0.29, 0.717) is 24.8 Å². The molecule has 2 aliphatic rings. The first-order chi connectivity index (χ1) is 12.1. The number of rotatable bonds is 3. The average Bonchev–Trinajstić information content (AvgIpc) is 3.21. The molecule has 0 N–H and O–H groups in total. The van der Waals surface area contributed by atoms with Gasteiger partial charge in [0.1, 0.15) is 11.6 Å². The van der Waals surface area contributed by atoms with E-state index in [-0.39, 0.29) is 23.3 Å². The lowest BCUT2D eigenvalue weighted by Crippen LogP contribution is -2.37. The summed E-state index contributed by atoms with van der Waals surface area (Å²) in [7, 11) is 0. The molecular formula is C18H19F2N3O2. The van der Waals surface area contributed by atoms with Crippen LogP contribution in [0, 0.1) is 11.6 Å². The van der Waals surface area contributed by atoms with Crippen LogP contribution in [0.2, 0.25) is 0 Å². The number of hydrogen-bond donors (Lipinski definition) is 0. The predicted octanol–water partition coefficient (Wildman–Crippen LogP) is 3.66. The van der Waals surface area contributed by atoms with Crippen molar-refractivity contribution in [2.75, 3.05) is 6.54 Å². The molecule has 1 aliphatic heterocycles. The van der Waals surface area contributed by atoms with E-state index in [1.54, 1.807) is 0 Å². The second-order valence-electron chi connectivity index (χ2n) is 6.85. The molecule has 0 radical (unpaired) electrons. The van der Waals surface area contributed by atoms with Crippen LogP contribution in [0.1, 0.15) is 50.3 Å². The van der Waals surface area contributed by atoms with Crippen molar-refractivity contribution in [3.63, 3.8) is 0 Å². The van der Waals surface area contributed by atoms with Crippen LogP contribution in [0.25, 0.3) is 11.5 Å². The Morgan fingerprint density at radius 2 is 1.80 bits per heavy atom. The number of aromatic nitrogens is 2. The van der Waals surface area contributed by atoms with Gasteiger partial charge in [-0.25, -0.2) is 8.78 Å². The molecule has 1 aromatic heterocycles. The topological polar surface area (TPSA) is 59.2 Å². The van der Waals surface area contributed by atoms with Gasteiger partial charge >= 0.3 is 0 Å². The van der Waals surface area contributed by atoms with Gasteiger partial charge < -0.3 is 9.42 Å². The minimum Gasteiger partial charge on any atom is -0.339 e. The quantitative estimate of drug-likeness (QED) is 0.850. The molecule has 2 heterocycles. The third-order valence-electron chi connectivity index (χ3n) is 5.09. The molecule has 1 aliphatic carbocycles. The summed E-state index contributed by atoms with van der Waals surface area (Å²) in [4.78, 5) is 18.6. The minimum atomic E-state index is -0.700. The third-order valence-corrected chi connectivity index (χ3v) is 5.09. The zero-order chi connectivity index (χ0) is 17.4. The number of halogens is 2. The number of amides is 1. The highest BCUT2D eigenvalue weighted by Crippen LogP contribution is 2.33. The molecule has 25 heavy (non-hydrogen) atoms. The Balaban J connectivity index is 1.51. The van der Waals surface area contributed by atoms with Crippen LogP contribution in [0.15, 0.2) is 22.7 Å². The van der Waals surface area contributed by atoms with Gasteiger partial charge in [-0.15, -0.1) is 0 Å². The van der Waals surface area contributed by atoms with Gasteiger partial charge in [-0.2, -0.15) is 4.98 Å². The highest BCUT2D eigenvalue weighted by Gasteiger charge is 2.37. The van der Waals surface area contributed by atoms with Crippen molar-refractivity contribution in [1.29, 1.82) is 0 Å². The van der Waals surface area contributed by atoms with E-state index in [1.165, 1.54) is 6.42 Å². The highest BCUT2D eigenvalue weighted by atomic mass is 19.1. The molecule has 7 heteroatoms. The van der Waals surface area contributed by atoms with Gasteiger partial charge in [0.05, 0.1) is 0 Å². The lowest BCUT2D eigenvalue weighted by Gasteiger charge is -2.31. The number of benzene rings is 1. The van der Waals surface area contributed by atoms with E-state index in [1.807, 2.05) is 4.90 Å². The first-order valence-corrected chi connectivity index (χ1v) is 8.69. The Labute approximate surface area is 144 Å². The molecule has 0 spiro atoms. The molecule has 4 rings (SSSR count). The van der Waals surface area contributed by atoms with E-state index in [4.69, 9.17) is 4.52 Å². The summed E-state index contributed by atoms with van der Waals surface area (Å²) >= 11 is 0. The van der Waals surface area contributed by atoms with Crippen LogP contribution in [-0.2, 0) is 4.79 Å². The molecule has 2 aromatic rings. The second kappa shape index (κ2) is 6.54. The first kappa shape index (κ1) is 16.2. The van der Waals surface area contributed by atoms with Crippen LogP contribution in [0.5, 0.6) is 0 Å². The summed E-state index contributed by atoms with van der Waals surface area (Å²) in [6, 6.07) is 3.40. The predicted molar refractivity (Wildman–Crippen MR) is 85.6 cm³/mol. The fourth-order valence-corrected chi connectivity index (χ4v) is 3.85. The summed E-state index contributed by atoms with van der Waals surface area (Å²) in [6.07, 6.45) is 6.03. The lowest BCUT2D eigenvalue weighted by atomic mass is 9.94. The van der Waals surface area contributed by atoms with Gasteiger partial charge in [0.25, 0.3) is 5.89 Å². The average molecular weight is 347 g/mol. The molecule has 0 bridgehead atoms. The maximum Gasteiger partial charge on any atom is 0.258 e. The van der Waals surface area contributed by atoms with Crippen molar-refractivity contribution in [2.24, 2.45) is 0 Å². The van der Waals surface area contributed by atoms with Crippen LogP contribution >= 0.6 is 0 Å². The van der Waals surface area contributed by atoms with Crippen molar-refractivity contribution in [2.45, 2.75) is 50.5 Å². The van der Waals surface area contributed by atoms with Gasteiger partial charge in [-0.3, -0.25) is 4.79 Å². The second-order valence-corrected chi connectivity index (χ2v) is 6.85. The number of carbonyl (C=O) groups excluding carboxylic acids is 1. The molecular weight excluding hydrogens is 328 g/mol. The van der Waals surface area contributed by atoms with Gasteiger partial charge in [-0.05, 0) is 25.0 Å². The largest absolute Gasteiger partial charge is 0.339 e. The van der Waals surface area contributed by atoms with E-state index in [2.05, 4.69) is 10.1 Å². The summed E-state index contributed by atoms with van der Waals surface area (Å²) in [6.45, 7) is 0.583. The normalized spacial score (nSPS) is 21.9. The zero-order valence-corrected chi connectivity index (χ0v) is 13.8. The van der Waals surface area contributed by atoms with Crippen LogP contribution < -0.4 is 0 Å². The summed E-state index contributed by atoms with van der Waals surface area (Å²) in [5.41, 5.74) is 0.199. The molecule has 1 saturated heterocycles. The molecule has 1 aromatic carbocycles. The summed E-state index contributed by atoms with van der Waals surface area (Å²) in [5, 5.41) is 3.94. The fourth-order valence-electron chi connectivity index (χ4n) is 3.85. The number of carbonyl (C=O) groups is 1. The Morgan fingerprint density at radius 3 is 2.52 bits per heavy atom. The molecule has 132 valence electrons. The molecule has 1 amide bonds. The lowest BCUT2D eigenvalue weighted by molar-refractivity contribution is -0.130. The summed E-state index contributed by atoms with van der Waals surface area (Å²) < 4.78 is 31.9. The van der Waals surface area contributed by atoms with Gasteiger partial charge in [-0.1, -0.05) is 24.4 Å². The van der Waals surface area contributed by atoms with Crippen molar-refractivity contribution >= 4 is 5.91 Å². The van der Waals surface area contributed by atoms with Crippen molar-refractivity contribution in [1.82, 2.24) is 15.0 Å². The highest BCUT2D eigenvalue weighted by molar-refractivity contribution is 5.80. The fraction of sp³-hybridized carbons (Fsp3) is 0.500. The van der Waals surface area contributed by atoms with Crippen LogP contribution in [0.3, 0.4) is 0 Å².